The smallest absolute Gasteiger partial charge is 0.239 e. The summed E-state index contributed by atoms with van der Waals surface area (Å²) in [5.41, 5.74) is -0.124. The molecule has 2 amide bonds. The Hall–Kier alpha value is -2.35. The fraction of sp³-hybridized carbons (Fsp3) is 0.471. The molecule has 0 aliphatic carbocycles. The van der Waals surface area contributed by atoms with Crippen LogP contribution in [-0.4, -0.2) is 29.8 Å². The fourth-order valence-corrected chi connectivity index (χ4v) is 2.54. The number of hydrogen-bond acceptors (Lipinski definition) is 3. The topological polar surface area (TPSA) is 73.2 Å². The van der Waals surface area contributed by atoms with E-state index >= 15 is 0 Å². The number of carbonyl (C=O) groups is 2. The minimum atomic E-state index is -1.13. The van der Waals surface area contributed by atoms with Crippen molar-refractivity contribution >= 4 is 17.5 Å². The summed E-state index contributed by atoms with van der Waals surface area (Å²) in [6.07, 6.45) is 3.12. The van der Waals surface area contributed by atoms with Crippen LogP contribution >= 0.6 is 0 Å². The maximum Gasteiger partial charge on any atom is 0.239 e. The molecule has 0 radical (unpaired) electrons. The molecule has 0 atom stereocenters. The molecule has 1 aliphatic heterocycles. The van der Waals surface area contributed by atoms with Crippen LogP contribution in [0.4, 0.5) is 5.69 Å². The minimum Gasteiger partial charge on any atom is -0.342 e. The van der Waals surface area contributed by atoms with E-state index in [1.54, 1.807) is 43.0 Å². The first-order chi connectivity index (χ1) is 10.4. The van der Waals surface area contributed by atoms with Gasteiger partial charge in [0.2, 0.25) is 11.8 Å². The Morgan fingerprint density at radius 1 is 1.23 bits per heavy atom. The van der Waals surface area contributed by atoms with E-state index in [1.807, 2.05) is 6.07 Å². The number of amides is 2. The molecule has 1 saturated heterocycles. The first-order valence-electron chi connectivity index (χ1n) is 7.56. The monoisotopic (exact) mass is 299 g/mol. The van der Waals surface area contributed by atoms with Gasteiger partial charge < -0.3 is 10.2 Å². The number of nitrogens with zero attached hydrogens (tertiary/aromatic N) is 2. The van der Waals surface area contributed by atoms with Crippen molar-refractivity contribution in [2.45, 2.75) is 33.1 Å². The molecule has 1 heterocycles. The number of hydrogen-bond donors (Lipinski definition) is 1. The van der Waals surface area contributed by atoms with Gasteiger partial charge in [-0.2, -0.15) is 5.26 Å². The number of anilines is 1. The molecule has 2 rings (SSSR count). The highest BCUT2D eigenvalue weighted by atomic mass is 16.2. The van der Waals surface area contributed by atoms with Gasteiger partial charge in [0, 0.05) is 18.8 Å². The first-order valence-corrected chi connectivity index (χ1v) is 7.56. The van der Waals surface area contributed by atoms with Crippen LogP contribution in [0.1, 0.15) is 38.7 Å². The molecule has 0 bridgehead atoms. The SMILES string of the molecule is CC(C)(C(=O)Nc1cccc(C#N)c1)C(=O)N1CCCCC1. The lowest BCUT2D eigenvalue weighted by atomic mass is 9.89. The average molecular weight is 299 g/mol. The van der Waals surface area contributed by atoms with E-state index < -0.39 is 5.41 Å². The highest BCUT2D eigenvalue weighted by Gasteiger charge is 2.39. The molecule has 0 saturated carbocycles. The van der Waals surface area contributed by atoms with E-state index in [-0.39, 0.29) is 11.8 Å². The summed E-state index contributed by atoms with van der Waals surface area (Å²) < 4.78 is 0. The van der Waals surface area contributed by atoms with Crippen LogP contribution in [-0.2, 0) is 9.59 Å². The first kappa shape index (κ1) is 16.0. The number of likely N-dealkylation sites (tertiary alicyclic amines) is 1. The number of nitriles is 1. The quantitative estimate of drug-likeness (QED) is 0.872. The van der Waals surface area contributed by atoms with Crippen LogP contribution in [0, 0.1) is 16.7 Å². The molecule has 1 aliphatic rings. The molecule has 116 valence electrons. The zero-order valence-electron chi connectivity index (χ0n) is 13.1. The Morgan fingerprint density at radius 3 is 2.55 bits per heavy atom. The van der Waals surface area contributed by atoms with Gasteiger partial charge in [-0.05, 0) is 51.3 Å². The molecule has 0 spiro atoms. The zero-order chi connectivity index (χ0) is 16.2. The third-order valence-corrected chi connectivity index (χ3v) is 4.00. The lowest BCUT2D eigenvalue weighted by Gasteiger charge is -2.33. The van der Waals surface area contributed by atoms with E-state index in [4.69, 9.17) is 5.26 Å². The Kier molecular flexibility index (Phi) is 4.81. The minimum absolute atomic E-state index is 0.138. The van der Waals surface area contributed by atoms with Crippen LogP contribution in [0.2, 0.25) is 0 Å². The van der Waals surface area contributed by atoms with Crippen LogP contribution in [0.3, 0.4) is 0 Å². The van der Waals surface area contributed by atoms with E-state index in [1.165, 1.54) is 0 Å². The van der Waals surface area contributed by atoms with Crippen molar-refractivity contribution in [3.8, 4) is 6.07 Å². The number of piperidine rings is 1. The Balaban J connectivity index is 2.09. The molecule has 5 heteroatoms. The summed E-state index contributed by atoms with van der Waals surface area (Å²) in [5.74, 6) is -0.487. The second-order valence-corrected chi connectivity index (χ2v) is 6.12. The maximum atomic E-state index is 12.6. The summed E-state index contributed by atoms with van der Waals surface area (Å²) in [4.78, 5) is 26.8. The predicted octanol–water partition coefficient (Wildman–Crippen LogP) is 2.54. The summed E-state index contributed by atoms with van der Waals surface area (Å²) in [7, 11) is 0. The van der Waals surface area contributed by atoms with Crippen molar-refractivity contribution < 1.29 is 9.59 Å². The van der Waals surface area contributed by atoms with Crippen LogP contribution in [0.5, 0.6) is 0 Å². The van der Waals surface area contributed by atoms with E-state index in [2.05, 4.69) is 5.32 Å². The van der Waals surface area contributed by atoms with Gasteiger partial charge in [0.1, 0.15) is 5.41 Å². The molecule has 5 nitrogen and oxygen atoms in total. The normalized spacial score (nSPS) is 15.0. The summed E-state index contributed by atoms with van der Waals surface area (Å²) >= 11 is 0. The van der Waals surface area contributed by atoms with E-state index in [0.717, 1.165) is 32.4 Å². The van der Waals surface area contributed by atoms with Gasteiger partial charge in [0.25, 0.3) is 0 Å². The molecular weight excluding hydrogens is 278 g/mol. The second kappa shape index (κ2) is 6.61. The molecule has 1 N–H and O–H groups in total. The summed E-state index contributed by atoms with van der Waals surface area (Å²) in [6.45, 7) is 4.74. The molecule has 0 aromatic heterocycles. The highest BCUT2D eigenvalue weighted by molar-refractivity contribution is 6.09. The molecule has 22 heavy (non-hydrogen) atoms. The molecule has 1 fully saturated rings. The maximum absolute atomic E-state index is 12.6. The number of benzene rings is 1. The molecular formula is C17H21N3O2. The van der Waals surface area contributed by atoms with Gasteiger partial charge in [0.05, 0.1) is 11.6 Å². The Labute approximate surface area is 130 Å². The van der Waals surface area contributed by atoms with Crippen molar-refractivity contribution in [2.75, 3.05) is 18.4 Å². The van der Waals surface area contributed by atoms with Crippen molar-refractivity contribution in [3.05, 3.63) is 29.8 Å². The largest absolute Gasteiger partial charge is 0.342 e. The Morgan fingerprint density at radius 2 is 1.91 bits per heavy atom. The van der Waals surface area contributed by atoms with E-state index in [9.17, 15) is 9.59 Å². The predicted molar refractivity (Wildman–Crippen MR) is 84.0 cm³/mol. The van der Waals surface area contributed by atoms with Crippen LogP contribution in [0.25, 0.3) is 0 Å². The van der Waals surface area contributed by atoms with E-state index in [0.29, 0.717) is 11.3 Å². The Bertz CT molecular complexity index is 611. The summed E-state index contributed by atoms with van der Waals surface area (Å²) in [6, 6.07) is 8.70. The summed E-state index contributed by atoms with van der Waals surface area (Å²) in [5, 5.41) is 11.6. The van der Waals surface area contributed by atoms with Crippen LogP contribution in [0.15, 0.2) is 24.3 Å². The fourth-order valence-electron chi connectivity index (χ4n) is 2.54. The second-order valence-electron chi connectivity index (χ2n) is 6.12. The van der Waals surface area contributed by atoms with Crippen molar-refractivity contribution in [1.82, 2.24) is 4.90 Å². The molecule has 1 aromatic carbocycles. The van der Waals surface area contributed by atoms with Crippen LogP contribution < -0.4 is 5.32 Å². The van der Waals surface area contributed by atoms with Crippen molar-refractivity contribution in [1.29, 1.82) is 5.26 Å². The average Bonchev–Trinajstić information content (AvgIpc) is 2.55. The van der Waals surface area contributed by atoms with Crippen molar-refractivity contribution in [3.63, 3.8) is 0 Å². The van der Waals surface area contributed by atoms with Crippen molar-refractivity contribution in [2.24, 2.45) is 5.41 Å². The molecule has 1 aromatic rings. The number of rotatable bonds is 3. The number of carbonyl (C=O) groups excluding carboxylic acids is 2. The van der Waals surface area contributed by atoms with Gasteiger partial charge in [0.15, 0.2) is 0 Å². The third-order valence-electron chi connectivity index (χ3n) is 4.00. The van der Waals surface area contributed by atoms with Gasteiger partial charge in [-0.15, -0.1) is 0 Å². The van der Waals surface area contributed by atoms with Gasteiger partial charge in [-0.3, -0.25) is 9.59 Å². The standard InChI is InChI=1S/C17H21N3O2/c1-17(2,16(22)20-9-4-3-5-10-20)15(21)19-14-8-6-7-13(11-14)12-18/h6-8,11H,3-5,9-10H2,1-2H3,(H,19,21). The van der Waals surface area contributed by atoms with Gasteiger partial charge in [-0.25, -0.2) is 0 Å². The zero-order valence-corrected chi connectivity index (χ0v) is 13.1. The number of nitrogens with one attached hydrogen (secondary N) is 1. The molecule has 0 unspecified atom stereocenters. The third kappa shape index (κ3) is 3.45. The van der Waals surface area contributed by atoms with Gasteiger partial charge in [-0.1, -0.05) is 6.07 Å². The lowest BCUT2D eigenvalue weighted by Crippen LogP contribution is -2.48. The van der Waals surface area contributed by atoms with Gasteiger partial charge >= 0.3 is 0 Å². The lowest BCUT2D eigenvalue weighted by molar-refractivity contribution is -0.147. The highest BCUT2D eigenvalue weighted by Crippen LogP contribution is 2.24.